The van der Waals surface area contributed by atoms with Gasteiger partial charge in [0.25, 0.3) is 5.91 Å². The van der Waals surface area contributed by atoms with Crippen LogP contribution in [0.15, 0.2) is 30.6 Å². The van der Waals surface area contributed by atoms with Crippen LogP contribution in [0.1, 0.15) is 36.7 Å². The molecule has 0 atom stereocenters. The molecule has 2 N–H and O–H groups in total. The lowest BCUT2D eigenvalue weighted by Gasteiger charge is -2.19. The number of nitrogens with one attached hydrogen (secondary N) is 1. The predicted octanol–water partition coefficient (Wildman–Crippen LogP) is 1.86. The zero-order chi connectivity index (χ0) is 19.1. The minimum Gasteiger partial charge on any atom is -0.479 e. The molecule has 0 unspecified atom stereocenters. The fourth-order valence-corrected chi connectivity index (χ4v) is 2.86. The van der Waals surface area contributed by atoms with E-state index in [1.54, 1.807) is 23.1 Å². The van der Waals surface area contributed by atoms with Crippen LogP contribution in [0.4, 0.5) is 11.4 Å². The number of carboxylic acid groups (broad SMARTS) is 1. The van der Waals surface area contributed by atoms with E-state index in [0.717, 1.165) is 11.3 Å². The number of anilines is 2. The summed E-state index contributed by atoms with van der Waals surface area (Å²) in [5.74, 6) is -1.36. The van der Waals surface area contributed by atoms with E-state index in [2.05, 4.69) is 10.4 Å². The Hall–Kier alpha value is -3.16. The molecule has 1 aromatic heterocycles. The fraction of sp³-hybridized carbons (Fsp3) is 0.333. The molecule has 1 aliphatic heterocycles. The van der Waals surface area contributed by atoms with Crippen molar-refractivity contribution in [1.29, 1.82) is 0 Å². The smallest absolute Gasteiger partial charge is 0.331 e. The molecule has 0 fully saturated rings. The Morgan fingerprint density at radius 2 is 2.00 bits per heavy atom. The number of fused-ring (bicyclic) bond motifs is 1. The molecule has 26 heavy (non-hydrogen) atoms. The van der Waals surface area contributed by atoms with E-state index in [4.69, 9.17) is 0 Å². The van der Waals surface area contributed by atoms with Gasteiger partial charge in [0, 0.05) is 30.9 Å². The first-order valence-electron chi connectivity index (χ1n) is 8.21. The van der Waals surface area contributed by atoms with Crippen molar-refractivity contribution in [3.63, 3.8) is 0 Å². The number of hydrogen-bond acceptors (Lipinski definition) is 4. The molecule has 0 bridgehead atoms. The normalized spacial score (nSPS) is 13.4. The summed E-state index contributed by atoms with van der Waals surface area (Å²) in [4.78, 5) is 37.0. The second-order valence-corrected chi connectivity index (χ2v) is 6.76. The highest BCUT2D eigenvalue weighted by Crippen LogP contribution is 2.29. The number of nitrogens with zero attached hydrogens (tertiary/aromatic N) is 3. The number of carbonyl (C=O) groups is 3. The van der Waals surface area contributed by atoms with Gasteiger partial charge in [0.15, 0.2) is 5.54 Å². The summed E-state index contributed by atoms with van der Waals surface area (Å²) in [6, 6.07) is 5.22. The quantitative estimate of drug-likeness (QED) is 0.870. The molecular weight excluding hydrogens is 336 g/mol. The van der Waals surface area contributed by atoms with Crippen LogP contribution < -0.4 is 10.2 Å². The lowest BCUT2D eigenvalue weighted by molar-refractivity contribution is -0.146. The van der Waals surface area contributed by atoms with E-state index in [1.165, 1.54) is 37.8 Å². The van der Waals surface area contributed by atoms with E-state index < -0.39 is 11.5 Å². The molecule has 0 saturated carbocycles. The minimum atomic E-state index is -1.22. The summed E-state index contributed by atoms with van der Waals surface area (Å²) in [6.45, 7) is 5.18. The van der Waals surface area contributed by atoms with E-state index in [-0.39, 0.29) is 11.8 Å². The van der Waals surface area contributed by atoms with Gasteiger partial charge >= 0.3 is 5.97 Å². The van der Waals surface area contributed by atoms with E-state index in [9.17, 15) is 19.5 Å². The molecule has 0 saturated heterocycles. The highest BCUT2D eigenvalue weighted by atomic mass is 16.4. The van der Waals surface area contributed by atoms with Crippen LogP contribution in [-0.4, -0.2) is 39.2 Å². The minimum absolute atomic E-state index is 0.0191. The van der Waals surface area contributed by atoms with Gasteiger partial charge in [0.2, 0.25) is 5.91 Å². The van der Waals surface area contributed by atoms with Gasteiger partial charge in [-0.1, -0.05) is 0 Å². The van der Waals surface area contributed by atoms with Crippen LogP contribution in [0.3, 0.4) is 0 Å². The number of carbonyl (C=O) groups excluding carboxylic acids is 2. The Morgan fingerprint density at radius 1 is 1.27 bits per heavy atom. The zero-order valence-electron chi connectivity index (χ0n) is 14.8. The number of amides is 2. The summed E-state index contributed by atoms with van der Waals surface area (Å²) in [7, 11) is 0. The second kappa shape index (κ2) is 6.29. The van der Waals surface area contributed by atoms with Crippen LogP contribution in [-0.2, 0) is 21.5 Å². The van der Waals surface area contributed by atoms with E-state index in [1.807, 2.05) is 0 Å². The van der Waals surface area contributed by atoms with Crippen molar-refractivity contribution in [2.24, 2.45) is 0 Å². The van der Waals surface area contributed by atoms with E-state index >= 15 is 0 Å². The van der Waals surface area contributed by atoms with Gasteiger partial charge in [-0.15, -0.1) is 0 Å². The van der Waals surface area contributed by atoms with Crippen LogP contribution in [0.25, 0.3) is 0 Å². The summed E-state index contributed by atoms with van der Waals surface area (Å²) in [5.41, 5.74) is 1.46. The number of benzene rings is 1. The van der Waals surface area contributed by atoms with Crippen molar-refractivity contribution in [2.45, 2.75) is 32.7 Å². The first kappa shape index (κ1) is 17.7. The Bertz CT molecular complexity index is 900. The molecule has 2 heterocycles. The Labute approximate surface area is 150 Å². The topological polar surface area (TPSA) is 105 Å². The zero-order valence-corrected chi connectivity index (χ0v) is 14.8. The first-order valence-corrected chi connectivity index (χ1v) is 8.21. The van der Waals surface area contributed by atoms with Crippen LogP contribution >= 0.6 is 0 Å². The molecule has 0 radical (unpaired) electrons. The lowest BCUT2D eigenvalue weighted by atomic mass is 10.1. The molecule has 2 amide bonds. The SMILES string of the molecule is CC(=O)N1CCc2cc(C(=O)Nc3cnn(C(C)(C)C(=O)O)c3)ccc21. The van der Waals surface area contributed by atoms with Gasteiger partial charge in [0.1, 0.15) is 0 Å². The number of hydrogen-bond donors (Lipinski definition) is 2. The maximum Gasteiger partial charge on any atom is 0.331 e. The van der Waals surface area contributed by atoms with Gasteiger partial charge < -0.3 is 15.3 Å². The Balaban J connectivity index is 1.77. The van der Waals surface area contributed by atoms with Crippen molar-refractivity contribution in [3.8, 4) is 0 Å². The molecule has 136 valence electrons. The lowest BCUT2D eigenvalue weighted by Crippen LogP contribution is -2.35. The summed E-state index contributed by atoms with van der Waals surface area (Å²) in [5, 5.41) is 16.0. The number of aliphatic carboxylic acids is 1. The highest BCUT2D eigenvalue weighted by Gasteiger charge is 2.30. The van der Waals surface area contributed by atoms with Crippen LogP contribution in [0.2, 0.25) is 0 Å². The summed E-state index contributed by atoms with van der Waals surface area (Å²) in [6.07, 6.45) is 3.60. The van der Waals surface area contributed by atoms with Gasteiger partial charge in [-0.25, -0.2) is 4.79 Å². The highest BCUT2D eigenvalue weighted by molar-refractivity contribution is 6.05. The van der Waals surface area contributed by atoms with Gasteiger partial charge in [-0.2, -0.15) is 5.10 Å². The third-order valence-electron chi connectivity index (χ3n) is 4.55. The second-order valence-electron chi connectivity index (χ2n) is 6.76. The third kappa shape index (κ3) is 3.05. The number of aromatic nitrogens is 2. The van der Waals surface area contributed by atoms with Crippen molar-refractivity contribution in [2.75, 3.05) is 16.8 Å². The fourth-order valence-electron chi connectivity index (χ4n) is 2.86. The number of rotatable bonds is 4. The maximum atomic E-state index is 12.5. The van der Waals surface area contributed by atoms with Crippen molar-refractivity contribution in [3.05, 3.63) is 41.7 Å². The van der Waals surface area contributed by atoms with Gasteiger partial charge in [0.05, 0.1) is 11.9 Å². The number of carboxylic acids is 1. The third-order valence-corrected chi connectivity index (χ3v) is 4.55. The van der Waals surface area contributed by atoms with Crippen LogP contribution in [0.5, 0.6) is 0 Å². The molecular formula is C18H20N4O4. The molecule has 2 aromatic rings. The standard InChI is InChI=1S/C18H20N4O4/c1-11(23)21-7-6-12-8-13(4-5-15(12)21)16(24)20-14-9-19-22(10-14)18(2,3)17(25)26/h4-5,8-10H,6-7H2,1-3H3,(H,20,24)(H,25,26). The summed E-state index contributed by atoms with van der Waals surface area (Å²) < 4.78 is 1.29. The van der Waals surface area contributed by atoms with Crippen LogP contribution in [0, 0.1) is 0 Å². The molecule has 8 heteroatoms. The average molecular weight is 356 g/mol. The first-order chi connectivity index (χ1) is 12.2. The predicted molar refractivity (Wildman–Crippen MR) is 95.3 cm³/mol. The van der Waals surface area contributed by atoms with Crippen molar-refractivity contribution >= 4 is 29.2 Å². The largest absolute Gasteiger partial charge is 0.479 e. The van der Waals surface area contributed by atoms with E-state index in [0.29, 0.717) is 24.2 Å². The molecule has 0 spiro atoms. The Kier molecular flexibility index (Phi) is 4.27. The monoisotopic (exact) mass is 356 g/mol. The molecule has 1 aliphatic rings. The summed E-state index contributed by atoms with van der Waals surface area (Å²) >= 11 is 0. The molecule has 8 nitrogen and oxygen atoms in total. The average Bonchev–Trinajstić information content (AvgIpc) is 3.20. The Morgan fingerprint density at radius 3 is 2.65 bits per heavy atom. The molecule has 0 aliphatic carbocycles. The van der Waals surface area contributed by atoms with Crippen molar-refractivity contribution < 1.29 is 19.5 Å². The molecule has 3 rings (SSSR count). The van der Waals surface area contributed by atoms with Gasteiger partial charge in [-0.3, -0.25) is 14.3 Å². The van der Waals surface area contributed by atoms with Crippen molar-refractivity contribution in [1.82, 2.24) is 9.78 Å². The van der Waals surface area contributed by atoms with Gasteiger partial charge in [-0.05, 0) is 44.0 Å². The maximum absolute atomic E-state index is 12.5. The molecule has 1 aromatic carbocycles.